The van der Waals surface area contributed by atoms with Gasteiger partial charge in [0.05, 0.1) is 49.9 Å². The first-order valence-corrected chi connectivity index (χ1v) is 14.9. The SMILES string of the molecule is N#Cc1cc(Cl)ccc1OCc1cc(OC2CCN(Cc3nc4ccc(C(=O)O)cc4n3C[C@@]3([Si])CCO3)CC2)ccn1. The third-order valence-electron chi connectivity index (χ3n) is 7.80. The molecule has 2 aliphatic heterocycles. The number of hydrogen-bond acceptors (Lipinski definition) is 8. The lowest BCUT2D eigenvalue weighted by atomic mass is 10.1. The Morgan fingerprint density at radius 1 is 1.21 bits per heavy atom. The van der Waals surface area contributed by atoms with Crippen LogP contribution in [-0.2, 0) is 24.4 Å². The van der Waals surface area contributed by atoms with Crippen molar-refractivity contribution in [2.24, 2.45) is 0 Å². The fourth-order valence-electron chi connectivity index (χ4n) is 5.38. The van der Waals surface area contributed by atoms with Gasteiger partial charge in [-0.2, -0.15) is 5.26 Å². The highest BCUT2D eigenvalue weighted by Gasteiger charge is 2.35. The summed E-state index contributed by atoms with van der Waals surface area (Å²) in [6.07, 6.45) is 4.31. The van der Waals surface area contributed by atoms with E-state index in [2.05, 4.69) is 30.8 Å². The molecule has 0 spiro atoms. The van der Waals surface area contributed by atoms with Crippen molar-refractivity contribution < 1.29 is 24.1 Å². The van der Waals surface area contributed by atoms with Crippen molar-refractivity contribution in [1.29, 1.82) is 5.26 Å². The lowest BCUT2D eigenvalue weighted by molar-refractivity contribution is -0.0947. The molecule has 2 fully saturated rings. The van der Waals surface area contributed by atoms with Crippen molar-refractivity contribution in [3.05, 3.63) is 82.4 Å². The van der Waals surface area contributed by atoms with Gasteiger partial charge in [0.15, 0.2) is 0 Å². The summed E-state index contributed by atoms with van der Waals surface area (Å²) in [6, 6.07) is 15.8. The van der Waals surface area contributed by atoms with Gasteiger partial charge in [0.2, 0.25) is 0 Å². The molecule has 2 aromatic heterocycles. The number of imidazole rings is 1. The Balaban J connectivity index is 1.08. The van der Waals surface area contributed by atoms with E-state index in [-0.39, 0.29) is 18.3 Å². The van der Waals surface area contributed by atoms with E-state index < -0.39 is 11.2 Å². The van der Waals surface area contributed by atoms with Crippen LogP contribution in [0.25, 0.3) is 11.0 Å². The Bertz CT molecular complexity index is 1690. The average molecular weight is 615 g/mol. The molecule has 3 radical (unpaired) electrons. The fourth-order valence-corrected chi connectivity index (χ4v) is 5.92. The minimum atomic E-state index is -0.963. The van der Waals surface area contributed by atoms with Crippen molar-refractivity contribution in [2.75, 3.05) is 19.7 Å². The summed E-state index contributed by atoms with van der Waals surface area (Å²) in [5.74, 6) is 1.09. The number of rotatable bonds is 10. The van der Waals surface area contributed by atoms with E-state index in [1.807, 2.05) is 12.1 Å². The first-order chi connectivity index (χ1) is 20.8. The number of ether oxygens (including phenoxy) is 3. The maximum absolute atomic E-state index is 11.6. The van der Waals surface area contributed by atoms with Crippen molar-refractivity contribution in [3.63, 3.8) is 0 Å². The first kappa shape index (κ1) is 29.1. The van der Waals surface area contributed by atoms with E-state index in [0.717, 1.165) is 55.0 Å². The Morgan fingerprint density at radius 2 is 2.02 bits per heavy atom. The largest absolute Gasteiger partial charge is 0.490 e. The number of benzene rings is 2. The highest BCUT2D eigenvalue weighted by Crippen LogP contribution is 2.30. The Morgan fingerprint density at radius 3 is 2.74 bits per heavy atom. The highest BCUT2D eigenvalue weighted by atomic mass is 35.5. The second-order valence-electron chi connectivity index (χ2n) is 10.8. The summed E-state index contributed by atoms with van der Waals surface area (Å²) >= 11 is 5.98. The number of nitrogens with zero attached hydrogens (tertiary/aromatic N) is 5. The summed E-state index contributed by atoms with van der Waals surface area (Å²) in [5, 5.41) is 18.9. The van der Waals surface area contributed by atoms with Crippen molar-refractivity contribution in [2.45, 2.75) is 50.3 Å². The molecule has 0 amide bonds. The summed E-state index contributed by atoms with van der Waals surface area (Å²) < 4.78 is 20.0. The molecule has 6 rings (SSSR count). The second-order valence-corrected chi connectivity index (χ2v) is 12.2. The van der Waals surface area contributed by atoms with Crippen molar-refractivity contribution >= 4 is 38.8 Å². The van der Waals surface area contributed by atoms with Crippen LogP contribution in [-0.4, -0.2) is 71.8 Å². The van der Waals surface area contributed by atoms with Gasteiger partial charge in [-0.15, -0.1) is 0 Å². The van der Waals surface area contributed by atoms with Gasteiger partial charge in [-0.3, -0.25) is 9.88 Å². The molecule has 0 saturated carbocycles. The van der Waals surface area contributed by atoms with Gasteiger partial charge >= 0.3 is 5.97 Å². The van der Waals surface area contributed by atoms with Gasteiger partial charge in [-0.05, 0) is 61.7 Å². The molecular formula is C31H29ClN5O5Si. The number of hydrogen-bond donors (Lipinski definition) is 1. The number of aromatic nitrogens is 3. The van der Waals surface area contributed by atoms with Crippen LogP contribution in [0.3, 0.4) is 0 Å². The van der Waals surface area contributed by atoms with Crippen LogP contribution < -0.4 is 9.47 Å². The summed E-state index contributed by atoms with van der Waals surface area (Å²) in [6.45, 7) is 3.73. The zero-order valence-corrected chi connectivity index (χ0v) is 25.1. The minimum Gasteiger partial charge on any atom is -0.490 e. The van der Waals surface area contributed by atoms with Gasteiger partial charge in [-0.25, -0.2) is 9.78 Å². The van der Waals surface area contributed by atoms with Crippen LogP contribution >= 0.6 is 11.6 Å². The summed E-state index contributed by atoms with van der Waals surface area (Å²) in [4.78, 5) is 23.2. The maximum Gasteiger partial charge on any atom is 0.335 e. The zero-order valence-electron chi connectivity index (χ0n) is 23.3. The number of likely N-dealkylation sites (tertiary alicyclic amines) is 1. The third-order valence-corrected chi connectivity index (χ3v) is 8.59. The molecule has 1 N–H and O–H groups in total. The highest BCUT2D eigenvalue weighted by molar-refractivity contribution is 6.30. The van der Waals surface area contributed by atoms with Gasteiger partial charge in [0, 0.05) is 43.5 Å². The summed E-state index contributed by atoms with van der Waals surface area (Å²) in [7, 11) is 3.77. The lowest BCUT2D eigenvalue weighted by Crippen LogP contribution is -2.48. The Labute approximate surface area is 257 Å². The molecule has 0 bridgehead atoms. The predicted molar refractivity (Wildman–Crippen MR) is 159 cm³/mol. The fraction of sp³-hybridized carbons (Fsp3) is 0.355. The number of pyridine rings is 1. The Kier molecular flexibility index (Phi) is 8.36. The topological polar surface area (TPSA) is 123 Å². The van der Waals surface area contributed by atoms with Crippen LogP contribution in [0.5, 0.6) is 11.5 Å². The van der Waals surface area contributed by atoms with Crippen LogP contribution in [0.2, 0.25) is 5.02 Å². The first-order valence-electron chi connectivity index (χ1n) is 14.1. The minimum absolute atomic E-state index is 0.0553. The molecule has 4 heterocycles. The second kappa shape index (κ2) is 12.3. The van der Waals surface area contributed by atoms with Crippen LogP contribution in [0.1, 0.15) is 46.7 Å². The maximum atomic E-state index is 11.6. The molecule has 2 saturated heterocycles. The monoisotopic (exact) mass is 614 g/mol. The van der Waals surface area contributed by atoms with E-state index in [0.29, 0.717) is 41.7 Å². The van der Waals surface area contributed by atoms with Gasteiger partial charge in [0.1, 0.15) is 36.1 Å². The van der Waals surface area contributed by atoms with Crippen molar-refractivity contribution in [1.82, 2.24) is 19.4 Å². The number of aromatic carboxylic acids is 1. The molecular weight excluding hydrogens is 586 g/mol. The molecule has 10 nitrogen and oxygen atoms in total. The number of carbonyl (C=O) groups is 1. The zero-order chi connectivity index (χ0) is 30.0. The molecule has 219 valence electrons. The molecule has 43 heavy (non-hydrogen) atoms. The number of piperidine rings is 1. The van der Waals surface area contributed by atoms with Gasteiger partial charge in [-0.1, -0.05) is 11.6 Å². The molecule has 2 aliphatic rings. The van der Waals surface area contributed by atoms with E-state index in [9.17, 15) is 15.2 Å². The van der Waals surface area contributed by atoms with Gasteiger partial charge in [0.25, 0.3) is 0 Å². The van der Waals surface area contributed by atoms with Crippen LogP contribution in [0.4, 0.5) is 0 Å². The molecule has 0 aliphatic carbocycles. The molecule has 4 aromatic rings. The standard InChI is InChI=1S/C31H29ClN5O5Si/c32-22-2-4-28(21(13-22)16-33)40-18-23-15-25(5-9-34-23)42-24-6-10-36(11-7-24)17-29-35-26-3-1-20(30(38)39)14-27(26)37(29)19-31(43)8-12-41-31/h1-5,9,13-15,24H,6-8,10-12,17-19H2,(H,38,39)/t31-/m0/s1. The van der Waals surface area contributed by atoms with Crippen molar-refractivity contribution in [3.8, 4) is 17.6 Å². The van der Waals surface area contributed by atoms with Crippen LogP contribution in [0, 0.1) is 11.3 Å². The van der Waals surface area contributed by atoms with E-state index in [1.165, 1.54) is 0 Å². The third kappa shape index (κ3) is 6.68. The van der Waals surface area contributed by atoms with Crippen LogP contribution in [0.15, 0.2) is 54.7 Å². The van der Waals surface area contributed by atoms with E-state index in [4.69, 9.17) is 30.8 Å². The smallest absolute Gasteiger partial charge is 0.335 e. The number of halogens is 1. The molecule has 12 heteroatoms. The predicted octanol–water partition coefficient (Wildman–Crippen LogP) is 4.56. The molecule has 2 aromatic carbocycles. The number of carboxylic acids is 1. The lowest BCUT2D eigenvalue weighted by Gasteiger charge is -2.39. The summed E-state index contributed by atoms with van der Waals surface area (Å²) in [5.41, 5.74) is 2.86. The Hall–Kier alpha value is -3.95. The van der Waals surface area contributed by atoms with Gasteiger partial charge < -0.3 is 23.9 Å². The average Bonchev–Trinajstić information content (AvgIpc) is 3.32. The molecule has 1 atom stereocenters. The van der Waals surface area contributed by atoms with E-state index in [1.54, 1.807) is 42.6 Å². The normalized spacial score (nSPS) is 19.1. The van der Waals surface area contributed by atoms with E-state index >= 15 is 0 Å². The number of nitriles is 1. The number of fused-ring (bicyclic) bond motifs is 1. The number of carboxylic acid groups (broad SMARTS) is 1. The molecule has 0 unspecified atom stereocenters. The quantitative estimate of drug-likeness (QED) is 0.256.